The summed E-state index contributed by atoms with van der Waals surface area (Å²) >= 11 is 1.94. The summed E-state index contributed by atoms with van der Waals surface area (Å²) in [6.07, 6.45) is 3.37. The molecule has 0 aliphatic carbocycles. The van der Waals surface area contributed by atoms with Crippen LogP contribution in [0.4, 0.5) is 0 Å². The number of fused-ring (bicyclic) bond motifs is 1. The first-order chi connectivity index (χ1) is 7.43. The van der Waals surface area contributed by atoms with E-state index in [1.807, 2.05) is 16.4 Å². The summed E-state index contributed by atoms with van der Waals surface area (Å²) in [7, 11) is 0. The molecular formula is C11H11N3S. The Kier molecular flexibility index (Phi) is 2.21. The van der Waals surface area contributed by atoms with Crippen molar-refractivity contribution in [2.24, 2.45) is 0 Å². The number of hydrogen-bond donors (Lipinski definition) is 0. The van der Waals surface area contributed by atoms with Crippen molar-refractivity contribution in [1.29, 1.82) is 0 Å². The zero-order chi connectivity index (χ0) is 10.1. The van der Waals surface area contributed by atoms with E-state index in [2.05, 4.69) is 34.3 Å². The van der Waals surface area contributed by atoms with Crippen molar-refractivity contribution in [1.82, 2.24) is 14.8 Å². The van der Waals surface area contributed by atoms with E-state index in [0.717, 1.165) is 12.3 Å². The smallest absolute Gasteiger partial charge is 0.137 e. The summed E-state index contributed by atoms with van der Waals surface area (Å²) in [5, 5.41) is 4.15. The van der Waals surface area contributed by atoms with Gasteiger partial charge in [-0.25, -0.2) is 4.98 Å². The molecule has 1 aliphatic rings. The fourth-order valence-corrected chi connectivity index (χ4v) is 3.18. The van der Waals surface area contributed by atoms with E-state index in [0.29, 0.717) is 5.92 Å². The number of nitrogens with zero attached hydrogens (tertiary/aromatic N) is 3. The Labute approximate surface area is 92.5 Å². The van der Waals surface area contributed by atoms with Gasteiger partial charge in [0.1, 0.15) is 12.7 Å². The number of hydrogen-bond acceptors (Lipinski definition) is 3. The molecule has 4 heteroatoms. The zero-order valence-electron chi connectivity index (χ0n) is 8.21. The highest BCUT2D eigenvalue weighted by atomic mass is 32.2. The second-order valence-corrected chi connectivity index (χ2v) is 4.73. The zero-order valence-corrected chi connectivity index (χ0v) is 9.02. The Morgan fingerprint density at radius 1 is 1.40 bits per heavy atom. The minimum absolute atomic E-state index is 0.577. The third-order valence-electron chi connectivity index (χ3n) is 2.67. The maximum Gasteiger partial charge on any atom is 0.137 e. The molecule has 1 aliphatic heterocycles. The topological polar surface area (TPSA) is 30.7 Å². The van der Waals surface area contributed by atoms with Crippen LogP contribution in [0.15, 0.2) is 41.8 Å². The van der Waals surface area contributed by atoms with E-state index in [4.69, 9.17) is 0 Å². The molecule has 76 valence electrons. The van der Waals surface area contributed by atoms with Crippen LogP contribution in [0.3, 0.4) is 0 Å². The van der Waals surface area contributed by atoms with Crippen LogP contribution in [0.5, 0.6) is 0 Å². The van der Waals surface area contributed by atoms with Gasteiger partial charge in [-0.2, -0.15) is 5.10 Å². The van der Waals surface area contributed by atoms with Crippen molar-refractivity contribution >= 4 is 11.8 Å². The molecule has 3 nitrogen and oxygen atoms in total. The molecule has 0 radical (unpaired) electrons. The van der Waals surface area contributed by atoms with Gasteiger partial charge < -0.3 is 0 Å². The largest absolute Gasteiger partial charge is 0.252 e. The Morgan fingerprint density at radius 3 is 3.20 bits per heavy atom. The lowest BCUT2D eigenvalue weighted by atomic mass is 10.0. The Morgan fingerprint density at radius 2 is 2.33 bits per heavy atom. The van der Waals surface area contributed by atoms with E-state index in [1.54, 1.807) is 12.7 Å². The highest BCUT2D eigenvalue weighted by Gasteiger charge is 2.22. The normalized spacial score (nSPS) is 19.1. The lowest BCUT2D eigenvalue weighted by Gasteiger charge is -2.09. The van der Waals surface area contributed by atoms with Gasteiger partial charge in [-0.05, 0) is 11.6 Å². The van der Waals surface area contributed by atoms with Gasteiger partial charge in [0.15, 0.2) is 0 Å². The quantitative estimate of drug-likeness (QED) is 0.772. The molecule has 2 aromatic rings. The van der Waals surface area contributed by atoms with Crippen LogP contribution >= 0.6 is 11.8 Å². The summed E-state index contributed by atoms with van der Waals surface area (Å²) in [5.74, 6) is 1.73. The van der Waals surface area contributed by atoms with E-state index >= 15 is 0 Å². The number of rotatable bonds is 2. The van der Waals surface area contributed by atoms with Gasteiger partial charge in [-0.15, -0.1) is 11.8 Å². The van der Waals surface area contributed by atoms with Crippen LogP contribution in [0, 0.1) is 0 Å². The molecule has 2 heterocycles. The number of thioether (sulfide) groups is 1. The Balaban J connectivity index is 1.85. The second kappa shape index (κ2) is 3.70. The predicted molar refractivity (Wildman–Crippen MR) is 59.9 cm³/mol. The molecule has 0 bridgehead atoms. The van der Waals surface area contributed by atoms with E-state index < -0.39 is 0 Å². The minimum atomic E-state index is 0.577. The van der Waals surface area contributed by atoms with Crippen molar-refractivity contribution in [2.45, 2.75) is 17.4 Å². The summed E-state index contributed by atoms with van der Waals surface area (Å²) in [4.78, 5) is 5.38. The van der Waals surface area contributed by atoms with Crippen LogP contribution in [0.1, 0.15) is 11.5 Å². The third kappa shape index (κ3) is 1.65. The average molecular weight is 217 g/mol. The first-order valence-corrected chi connectivity index (χ1v) is 5.96. The maximum atomic E-state index is 4.15. The molecule has 1 unspecified atom stereocenters. The molecule has 0 N–H and O–H groups in total. The van der Waals surface area contributed by atoms with Crippen LogP contribution in [0.2, 0.25) is 0 Å². The minimum Gasteiger partial charge on any atom is -0.252 e. The summed E-state index contributed by atoms with van der Waals surface area (Å²) in [6.45, 7) is 0.935. The van der Waals surface area contributed by atoms with Crippen LogP contribution in [-0.2, 0) is 6.54 Å². The standard InChI is InChI=1S/C11H11N3S/c1-2-4-11-10(3-1)9(6-15-11)5-14-8-12-7-13-14/h1-4,7-9H,5-6H2. The van der Waals surface area contributed by atoms with E-state index in [9.17, 15) is 0 Å². The molecule has 0 saturated carbocycles. The molecular weight excluding hydrogens is 206 g/mol. The SMILES string of the molecule is c1ccc2c(c1)SCC2Cn1cncn1. The maximum absolute atomic E-state index is 4.15. The average Bonchev–Trinajstić information content (AvgIpc) is 2.89. The molecule has 0 amide bonds. The van der Waals surface area contributed by atoms with Crippen LogP contribution in [-0.4, -0.2) is 20.5 Å². The van der Waals surface area contributed by atoms with E-state index in [1.165, 1.54) is 10.5 Å². The summed E-state index contributed by atoms with van der Waals surface area (Å²) in [6, 6.07) is 8.63. The van der Waals surface area contributed by atoms with Gasteiger partial charge in [0.05, 0.1) is 6.54 Å². The fourth-order valence-electron chi connectivity index (χ4n) is 1.93. The van der Waals surface area contributed by atoms with E-state index in [-0.39, 0.29) is 0 Å². The summed E-state index contributed by atoms with van der Waals surface area (Å²) in [5.41, 5.74) is 1.46. The number of benzene rings is 1. The molecule has 3 rings (SSSR count). The highest BCUT2D eigenvalue weighted by molar-refractivity contribution is 7.99. The summed E-state index contributed by atoms with van der Waals surface area (Å²) < 4.78 is 1.91. The van der Waals surface area contributed by atoms with Gasteiger partial charge in [0, 0.05) is 16.6 Å². The van der Waals surface area contributed by atoms with Crippen molar-refractivity contribution in [3.05, 3.63) is 42.5 Å². The van der Waals surface area contributed by atoms with Crippen molar-refractivity contribution in [2.75, 3.05) is 5.75 Å². The van der Waals surface area contributed by atoms with Gasteiger partial charge in [-0.3, -0.25) is 4.68 Å². The van der Waals surface area contributed by atoms with Gasteiger partial charge in [0.25, 0.3) is 0 Å². The molecule has 0 spiro atoms. The van der Waals surface area contributed by atoms with Gasteiger partial charge in [0.2, 0.25) is 0 Å². The number of aromatic nitrogens is 3. The first kappa shape index (κ1) is 8.97. The lowest BCUT2D eigenvalue weighted by molar-refractivity contribution is 0.548. The monoisotopic (exact) mass is 217 g/mol. The third-order valence-corrected chi connectivity index (χ3v) is 3.92. The second-order valence-electron chi connectivity index (χ2n) is 3.66. The molecule has 1 atom stereocenters. The molecule has 1 aromatic carbocycles. The molecule has 1 aromatic heterocycles. The first-order valence-electron chi connectivity index (χ1n) is 4.97. The van der Waals surface area contributed by atoms with Gasteiger partial charge in [-0.1, -0.05) is 18.2 Å². The Bertz CT molecular complexity index is 453. The molecule has 15 heavy (non-hydrogen) atoms. The van der Waals surface area contributed by atoms with Gasteiger partial charge >= 0.3 is 0 Å². The lowest BCUT2D eigenvalue weighted by Crippen LogP contribution is -2.08. The van der Waals surface area contributed by atoms with Crippen molar-refractivity contribution in [3.63, 3.8) is 0 Å². The Hall–Kier alpha value is -1.29. The molecule has 0 saturated heterocycles. The van der Waals surface area contributed by atoms with Crippen molar-refractivity contribution < 1.29 is 0 Å². The fraction of sp³-hybridized carbons (Fsp3) is 0.273. The highest BCUT2D eigenvalue weighted by Crippen LogP contribution is 2.39. The van der Waals surface area contributed by atoms with Crippen LogP contribution < -0.4 is 0 Å². The predicted octanol–water partition coefficient (Wildman–Crippen LogP) is 2.17. The van der Waals surface area contributed by atoms with Crippen LogP contribution in [0.25, 0.3) is 0 Å². The molecule has 0 fully saturated rings. The van der Waals surface area contributed by atoms with Crippen molar-refractivity contribution in [3.8, 4) is 0 Å².